The van der Waals surface area contributed by atoms with Crippen LogP contribution < -0.4 is 29.1 Å². The SMILES string of the molecule is CCOC(=O)C1=C(c2ccccc2)N=c2s/c(=C/c3ccc(OCC(C)C)cc3)c(=O)n2[C@H]1c1ccc(OC)c(OC)c1. The molecule has 8 nitrogen and oxygen atoms in total. The fourth-order valence-electron chi connectivity index (χ4n) is 4.85. The van der Waals surface area contributed by atoms with Crippen LogP contribution in [0.15, 0.2) is 88.2 Å². The van der Waals surface area contributed by atoms with Crippen molar-refractivity contribution < 1.29 is 23.7 Å². The molecule has 4 aromatic rings. The molecule has 43 heavy (non-hydrogen) atoms. The first kappa shape index (κ1) is 29.8. The Kier molecular flexibility index (Phi) is 9.11. The zero-order valence-electron chi connectivity index (χ0n) is 24.8. The van der Waals surface area contributed by atoms with Crippen molar-refractivity contribution in [2.75, 3.05) is 27.4 Å². The van der Waals surface area contributed by atoms with E-state index in [2.05, 4.69) is 13.8 Å². The number of aromatic nitrogens is 1. The van der Waals surface area contributed by atoms with E-state index >= 15 is 0 Å². The predicted molar refractivity (Wildman–Crippen MR) is 167 cm³/mol. The Morgan fingerprint density at radius 1 is 1.00 bits per heavy atom. The van der Waals surface area contributed by atoms with Crippen LogP contribution in [0.3, 0.4) is 0 Å². The van der Waals surface area contributed by atoms with Gasteiger partial charge < -0.3 is 18.9 Å². The summed E-state index contributed by atoms with van der Waals surface area (Å²) in [4.78, 5) is 33.1. The first-order valence-electron chi connectivity index (χ1n) is 14.1. The van der Waals surface area contributed by atoms with Crippen molar-refractivity contribution in [2.45, 2.75) is 26.8 Å². The molecule has 5 rings (SSSR count). The van der Waals surface area contributed by atoms with Gasteiger partial charge in [0.05, 0.1) is 49.3 Å². The molecule has 2 heterocycles. The molecule has 0 N–H and O–H groups in total. The summed E-state index contributed by atoms with van der Waals surface area (Å²) in [6.45, 7) is 6.74. The van der Waals surface area contributed by atoms with E-state index in [1.54, 1.807) is 37.8 Å². The molecule has 0 unspecified atom stereocenters. The lowest BCUT2D eigenvalue weighted by atomic mass is 9.93. The summed E-state index contributed by atoms with van der Waals surface area (Å²) in [5.74, 6) is 1.65. The minimum Gasteiger partial charge on any atom is -0.493 e. The first-order chi connectivity index (χ1) is 20.8. The highest BCUT2D eigenvalue weighted by molar-refractivity contribution is 7.07. The van der Waals surface area contributed by atoms with Crippen LogP contribution in [-0.2, 0) is 9.53 Å². The van der Waals surface area contributed by atoms with Gasteiger partial charge in [0.2, 0.25) is 0 Å². The van der Waals surface area contributed by atoms with Gasteiger partial charge in [-0.05, 0) is 54.3 Å². The molecule has 0 radical (unpaired) electrons. The van der Waals surface area contributed by atoms with Crippen LogP contribution in [0.2, 0.25) is 0 Å². The Hall–Kier alpha value is -4.63. The Balaban J connectivity index is 1.73. The van der Waals surface area contributed by atoms with Gasteiger partial charge in [-0.15, -0.1) is 0 Å². The van der Waals surface area contributed by atoms with Crippen molar-refractivity contribution in [2.24, 2.45) is 10.9 Å². The molecular weight excluding hydrogens is 564 g/mol. The lowest BCUT2D eigenvalue weighted by molar-refractivity contribution is -0.138. The van der Waals surface area contributed by atoms with Crippen molar-refractivity contribution >= 4 is 29.1 Å². The highest BCUT2D eigenvalue weighted by atomic mass is 32.1. The number of fused-ring (bicyclic) bond motifs is 1. The van der Waals surface area contributed by atoms with Gasteiger partial charge in [0.25, 0.3) is 5.56 Å². The lowest BCUT2D eigenvalue weighted by Crippen LogP contribution is -2.40. The highest BCUT2D eigenvalue weighted by Crippen LogP contribution is 2.38. The average Bonchev–Trinajstić information content (AvgIpc) is 3.34. The second-order valence-electron chi connectivity index (χ2n) is 10.3. The van der Waals surface area contributed by atoms with Gasteiger partial charge in [-0.2, -0.15) is 0 Å². The van der Waals surface area contributed by atoms with E-state index in [1.807, 2.05) is 66.7 Å². The van der Waals surface area contributed by atoms with Gasteiger partial charge in [0, 0.05) is 5.56 Å². The smallest absolute Gasteiger partial charge is 0.338 e. The Morgan fingerprint density at radius 2 is 1.72 bits per heavy atom. The summed E-state index contributed by atoms with van der Waals surface area (Å²) >= 11 is 1.27. The zero-order chi connectivity index (χ0) is 30.5. The molecule has 1 aliphatic rings. The number of benzene rings is 3. The van der Waals surface area contributed by atoms with Crippen LogP contribution in [-0.4, -0.2) is 38.0 Å². The van der Waals surface area contributed by atoms with E-state index in [0.717, 1.165) is 16.9 Å². The first-order valence-corrected chi connectivity index (χ1v) is 14.9. The quantitative estimate of drug-likeness (QED) is 0.239. The van der Waals surface area contributed by atoms with Crippen LogP contribution in [0.4, 0.5) is 0 Å². The number of esters is 1. The van der Waals surface area contributed by atoms with Crippen molar-refractivity contribution in [3.63, 3.8) is 0 Å². The molecule has 0 saturated carbocycles. The largest absolute Gasteiger partial charge is 0.493 e. The van der Waals surface area contributed by atoms with Crippen molar-refractivity contribution in [3.05, 3.63) is 115 Å². The monoisotopic (exact) mass is 598 g/mol. The summed E-state index contributed by atoms with van der Waals surface area (Å²) in [7, 11) is 3.10. The maximum atomic E-state index is 14.1. The summed E-state index contributed by atoms with van der Waals surface area (Å²) in [6.07, 6.45) is 1.83. The molecule has 1 aromatic heterocycles. The van der Waals surface area contributed by atoms with Gasteiger partial charge in [0.1, 0.15) is 5.75 Å². The summed E-state index contributed by atoms with van der Waals surface area (Å²) in [5.41, 5.74) is 2.70. The molecular formula is C34H34N2O6S. The third-order valence-corrected chi connectivity index (χ3v) is 7.84. The molecule has 0 spiro atoms. The van der Waals surface area contributed by atoms with Gasteiger partial charge in [-0.3, -0.25) is 9.36 Å². The van der Waals surface area contributed by atoms with E-state index < -0.39 is 12.0 Å². The molecule has 222 valence electrons. The van der Waals surface area contributed by atoms with Crippen LogP contribution in [0, 0.1) is 5.92 Å². The van der Waals surface area contributed by atoms with Crippen LogP contribution in [0.1, 0.15) is 43.5 Å². The highest BCUT2D eigenvalue weighted by Gasteiger charge is 2.35. The standard InChI is InChI=1S/C34H34N2O6S/c1-6-41-33(38)29-30(23-10-8-7-9-11-23)35-34-36(31(29)24-14-17-26(39-4)27(19-24)40-5)32(37)28(43-34)18-22-12-15-25(16-13-22)42-20-21(2)3/h7-19,21,31H,6,20H2,1-5H3/b28-18+/t31-/m0/s1. The van der Waals surface area contributed by atoms with Crippen molar-refractivity contribution in [1.82, 2.24) is 4.57 Å². The summed E-state index contributed by atoms with van der Waals surface area (Å²) in [5, 5.41) is 0. The molecule has 0 saturated heterocycles. The zero-order valence-corrected chi connectivity index (χ0v) is 25.6. The second-order valence-corrected chi connectivity index (χ2v) is 11.3. The number of hydrogen-bond donors (Lipinski definition) is 0. The minimum absolute atomic E-state index is 0.171. The number of ether oxygens (including phenoxy) is 4. The average molecular weight is 599 g/mol. The molecule has 0 fully saturated rings. The van der Waals surface area contributed by atoms with E-state index in [-0.39, 0.29) is 17.7 Å². The van der Waals surface area contributed by atoms with Gasteiger partial charge >= 0.3 is 5.97 Å². The van der Waals surface area contributed by atoms with Crippen LogP contribution in [0.25, 0.3) is 11.8 Å². The van der Waals surface area contributed by atoms with Crippen LogP contribution >= 0.6 is 11.3 Å². The van der Waals surface area contributed by atoms with E-state index in [1.165, 1.54) is 11.3 Å². The summed E-state index contributed by atoms with van der Waals surface area (Å²) in [6, 6.07) is 21.6. The Labute approximate surface area is 254 Å². The fraction of sp³-hybridized carbons (Fsp3) is 0.265. The number of hydrogen-bond acceptors (Lipinski definition) is 8. The van der Waals surface area contributed by atoms with Crippen molar-refractivity contribution in [3.8, 4) is 17.2 Å². The number of thiazole rings is 1. The van der Waals surface area contributed by atoms with Gasteiger partial charge in [0.15, 0.2) is 16.3 Å². The maximum absolute atomic E-state index is 14.1. The number of methoxy groups -OCH3 is 2. The Bertz CT molecular complexity index is 1820. The number of nitrogens with zero attached hydrogens (tertiary/aromatic N) is 2. The molecule has 0 amide bonds. The van der Waals surface area contributed by atoms with Crippen LogP contribution in [0.5, 0.6) is 17.2 Å². The number of carbonyl (C=O) groups excluding carboxylic acids is 1. The molecule has 1 atom stereocenters. The fourth-order valence-corrected chi connectivity index (χ4v) is 5.85. The number of rotatable bonds is 10. The lowest BCUT2D eigenvalue weighted by Gasteiger charge is -2.26. The third-order valence-electron chi connectivity index (χ3n) is 6.86. The minimum atomic E-state index is -0.820. The molecule has 1 aliphatic heterocycles. The third kappa shape index (κ3) is 6.27. The normalized spacial score (nSPS) is 14.7. The molecule has 0 bridgehead atoms. The van der Waals surface area contributed by atoms with Gasteiger partial charge in [-0.1, -0.05) is 73.7 Å². The van der Waals surface area contributed by atoms with E-state index in [9.17, 15) is 9.59 Å². The summed E-state index contributed by atoms with van der Waals surface area (Å²) < 4.78 is 24.4. The molecule has 0 aliphatic carbocycles. The van der Waals surface area contributed by atoms with Crippen molar-refractivity contribution in [1.29, 1.82) is 0 Å². The van der Waals surface area contributed by atoms with E-state index in [0.29, 0.717) is 44.6 Å². The topological polar surface area (TPSA) is 88.4 Å². The molecule has 9 heteroatoms. The maximum Gasteiger partial charge on any atom is 0.338 e. The Morgan fingerprint density at radius 3 is 2.37 bits per heavy atom. The van der Waals surface area contributed by atoms with E-state index in [4.69, 9.17) is 23.9 Å². The molecule has 3 aromatic carbocycles. The predicted octanol–water partition coefficient (Wildman–Crippen LogP) is 4.99. The number of carbonyl (C=O) groups is 1. The second kappa shape index (κ2) is 13.1. The van der Waals surface area contributed by atoms with Gasteiger partial charge in [-0.25, -0.2) is 9.79 Å².